The van der Waals surface area contributed by atoms with Crippen LogP contribution in [-0.2, 0) is 16.6 Å². The maximum absolute atomic E-state index is 13.3. The number of nitrogens with zero attached hydrogens (tertiary/aromatic N) is 3. The Morgan fingerprint density at radius 3 is 2.27 bits per heavy atom. The zero-order valence-corrected chi connectivity index (χ0v) is 23.3. The second-order valence-electron chi connectivity index (χ2n) is 10.1. The van der Waals surface area contributed by atoms with Gasteiger partial charge in [0, 0.05) is 42.7 Å². The molecule has 1 atom stereocenters. The number of carbonyl (C=O) groups excluding carboxylic acids is 1. The van der Waals surface area contributed by atoms with Crippen LogP contribution in [0.15, 0.2) is 60.8 Å². The molecule has 1 unspecified atom stereocenters. The number of aromatic nitrogens is 2. The average molecular weight is 588 g/mol. The molecule has 2 aromatic heterocycles. The number of alkyl halides is 3. The monoisotopic (exact) mass is 587 g/mol. The predicted octanol–water partition coefficient (Wildman–Crippen LogP) is 7.43. The largest absolute Gasteiger partial charge is 0.433 e. The van der Waals surface area contributed by atoms with E-state index in [1.54, 1.807) is 17.0 Å². The van der Waals surface area contributed by atoms with Gasteiger partial charge in [-0.1, -0.05) is 65.7 Å². The Morgan fingerprint density at radius 1 is 1.02 bits per heavy atom. The lowest BCUT2D eigenvalue weighted by Crippen LogP contribution is -2.45. The number of halogens is 5. The lowest BCUT2D eigenvalue weighted by molar-refractivity contribution is -0.141. The Labute approximate surface area is 239 Å². The number of amides is 1. The molecular weight excluding hydrogens is 562 g/mol. The number of piperidine rings is 1. The normalized spacial score (nSPS) is 16.2. The van der Waals surface area contributed by atoms with Crippen molar-refractivity contribution >= 4 is 40.0 Å². The standard InChI is InChI=1S/C30H26Cl2F3N3O2/c1-17-14-22(15-23-26(31)25(28(32)37-27(17)23)19-6-4-3-5-7-19)29(40,20-10-12-38(13-11-20)18(2)39)21-8-9-24(36-16-21)30(33,34)35/h3-9,14-16,20,40H,10-13H2,1-2H3. The smallest absolute Gasteiger partial charge is 0.380 e. The maximum Gasteiger partial charge on any atom is 0.433 e. The van der Waals surface area contributed by atoms with E-state index < -0.39 is 23.4 Å². The molecule has 0 bridgehead atoms. The van der Waals surface area contributed by atoms with Crippen LogP contribution in [0.2, 0.25) is 10.2 Å². The molecule has 3 heterocycles. The topological polar surface area (TPSA) is 66.3 Å². The molecule has 0 aliphatic carbocycles. The summed E-state index contributed by atoms with van der Waals surface area (Å²) in [7, 11) is 0. The Morgan fingerprint density at radius 2 is 1.70 bits per heavy atom. The number of benzene rings is 2. The highest BCUT2D eigenvalue weighted by Gasteiger charge is 2.43. The molecule has 2 aromatic carbocycles. The molecular formula is C30H26Cl2F3N3O2. The van der Waals surface area contributed by atoms with Gasteiger partial charge in [0.1, 0.15) is 16.4 Å². The first-order valence-electron chi connectivity index (χ1n) is 12.8. The van der Waals surface area contributed by atoms with Gasteiger partial charge in [0.05, 0.1) is 10.5 Å². The Hall–Kier alpha value is -3.20. The number of hydrogen-bond donors (Lipinski definition) is 1. The van der Waals surface area contributed by atoms with E-state index in [2.05, 4.69) is 9.97 Å². The molecule has 1 saturated heterocycles. The summed E-state index contributed by atoms with van der Waals surface area (Å²) in [4.78, 5) is 21.9. The molecule has 10 heteroatoms. The Kier molecular flexibility index (Phi) is 7.54. The zero-order valence-electron chi connectivity index (χ0n) is 21.8. The van der Waals surface area contributed by atoms with Crippen molar-refractivity contribution in [1.29, 1.82) is 0 Å². The third-order valence-corrected chi connectivity index (χ3v) is 8.37. The minimum absolute atomic E-state index is 0.0667. The van der Waals surface area contributed by atoms with E-state index in [-0.39, 0.29) is 16.6 Å². The van der Waals surface area contributed by atoms with Gasteiger partial charge in [-0.3, -0.25) is 9.78 Å². The summed E-state index contributed by atoms with van der Waals surface area (Å²) in [6.07, 6.45) is -2.65. The van der Waals surface area contributed by atoms with Crippen molar-refractivity contribution < 1.29 is 23.1 Å². The van der Waals surface area contributed by atoms with Gasteiger partial charge in [-0.2, -0.15) is 13.2 Å². The van der Waals surface area contributed by atoms with Gasteiger partial charge in [-0.05, 0) is 54.5 Å². The van der Waals surface area contributed by atoms with Crippen molar-refractivity contribution in [3.05, 3.63) is 93.4 Å². The fraction of sp³-hybridized carbons (Fsp3) is 0.300. The second-order valence-corrected chi connectivity index (χ2v) is 10.9. The highest BCUT2D eigenvalue weighted by molar-refractivity contribution is 6.42. The van der Waals surface area contributed by atoms with Crippen LogP contribution >= 0.6 is 23.2 Å². The zero-order chi connectivity index (χ0) is 28.8. The van der Waals surface area contributed by atoms with Crippen molar-refractivity contribution in [3.8, 4) is 11.1 Å². The summed E-state index contributed by atoms with van der Waals surface area (Å²) in [5.74, 6) is -0.478. The molecule has 40 heavy (non-hydrogen) atoms. The quantitative estimate of drug-likeness (QED) is 0.252. The van der Waals surface area contributed by atoms with E-state index in [9.17, 15) is 23.1 Å². The average Bonchev–Trinajstić information content (AvgIpc) is 2.93. The highest BCUT2D eigenvalue weighted by Crippen LogP contribution is 2.46. The Balaban J connectivity index is 1.70. The van der Waals surface area contributed by atoms with Gasteiger partial charge in [-0.25, -0.2) is 4.98 Å². The number of likely N-dealkylation sites (tertiary alicyclic amines) is 1. The summed E-state index contributed by atoms with van der Waals surface area (Å²) in [6, 6.07) is 15.0. The summed E-state index contributed by atoms with van der Waals surface area (Å²) in [6.45, 7) is 4.14. The SMILES string of the molecule is CC(=O)N1CCC(C(O)(c2ccc(C(F)(F)F)nc2)c2cc(C)c3nc(Cl)c(-c4ccccc4)c(Cl)c3c2)CC1. The third-order valence-electron chi connectivity index (χ3n) is 7.70. The van der Waals surface area contributed by atoms with Crippen LogP contribution in [0.3, 0.4) is 0 Å². The number of aliphatic hydroxyl groups is 1. The molecule has 0 spiro atoms. The molecule has 0 saturated carbocycles. The highest BCUT2D eigenvalue weighted by atomic mass is 35.5. The van der Waals surface area contributed by atoms with E-state index >= 15 is 0 Å². The number of carbonyl (C=O) groups is 1. The van der Waals surface area contributed by atoms with E-state index in [1.807, 2.05) is 37.3 Å². The van der Waals surface area contributed by atoms with Crippen molar-refractivity contribution in [2.75, 3.05) is 13.1 Å². The predicted molar refractivity (Wildman–Crippen MR) is 149 cm³/mol. The number of pyridine rings is 2. The summed E-state index contributed by atoms with van der Waals surface area (Å²) in [5, 5.41) is 13.6. The van der Waals surface area contributed by atoms with Gasteiger partial charge < -0.3 is 10.0 Å². The minimum atomic E-state index is -4.62. The van der Waals surface area contributed by atoms with Crippen LogP contribution in [0, 0.1) is 12.8 Å². The Bertz CT molecular complexity index is 1570. The lowest BCUT2D eigenvalue weighted by Gasteiger charge is -2.42. The molecule has 5 nitrogen and oxygen atoms in total. The molecule has 4 aromatic rings. The van der Waals surface area contributed by atoms with Gasteiger partial charge >= 0.3 is 6.18 Å². The maximum atomic E-state index is 13.3. The molecule has 1 aliphatic rings. The van der Waals surface area contributed by atoms with E-state index in [0.29, 0.717) is 58.5 Å². The van der Waals surface area contributed by atoms with E-state index in [4.69, 9.17) is 23.2 Å². The molecule has 1 amide bonds. The van der Waals surface area contributed by atoms with Gasteiger partial charge in [-0.15, -0.1) is 0 Å². The fourth-order valence-corrected chi connectivity index (χ4v) is 6.26. The lowest BCUT2D eigenvalue weighted by atomic mass is 9.71. The van der Waals surface area contributed by atoms with E-state index in [0.717, 1.165) is 17.8 Å². The first-order chi connectivity index (χ1) is 18.9. The second kappa shape index (κ2) is 10.7. The van der Waals surface area contributed by atoms with Crippen molar-refractivity contribution in [3.63, 3.8) is 0 Å². The van der Waals surface area contributed by atoms with E-state index in [1.165, 1.54) is 13.0 Å². The number of hydrogen-bond acceptors (Lipinski definition) is 4. The van der Waals surface area contributed by atoms with Crippen LogP contribution in [0.4, 0.5) is 13.2 Å². The molecule has 1 N–H and O–H groups in total. The molecule has 0 radical (unpaired) electrons. The van der Waals surface area contributed by atoms with Gasteiger partial charge in [0.15, 0.2) is 0 Å². The summed E-state index contributed by atoms with van der Waals surface area (Å²) in [5.41, 5.74) is 0.472. The van der Waals surface area contributed by atoms with Gasteiger partial charge in [0.25, 0.3) is 0 Å². The van der Waals surface area contributed by atoms with Crippen LogP contribution in [0.5, 0.6) is 0 Å². The summed E-state index contributed by atoms with van der Waals surface area (Å²) >= 11 is 13.5. The minimum Gasteiger partial charge on any atom is -0.380 e. The van der Waals surface area contributed by atoms with Crippen LogP contribution in [0.1, 0.15) is 42.1 Å². The number of rotatable bonds is 4. The van der Waals surface area contributed by atoms with Crippen LogP contribution in [-0.4, -0.2) is 39.0 Å². The van der Waals surface area contributed by atoms with Crippen molar-refractivity contribution in [2.24, 2.45) is 5.92 Å². The molecule has 1 fully saturated rings. The fourth-order valence-electron chi connectivity index (χ4n) is 5.58. The van der Waals surface area contributed by atoms with Crippen LogP contribution < -0.4 is 0 Å². The molecule has 1 aliphatic heterocycles. The van der Waals surface area contributed by atoms with Crippen molar-refractivity contribution in [1.82, 2.24) is 14.9 Å². The van der Waals surface area contributed by atoms with Gasteiger partial charge in [0.2, 0.25) is 5.91 Å². The van der Waals surface area contributed by atoms with Crippen LogP contribution in [0.25, 0.3) is 22.0 Å². The number of aryl methyl sites for hydroxylation is 1. The first-order valence-corrected chi connectivity index (χ1v) is 13.5. The molecule has 208 valence electrons. The van der Waals surface area contributed by atoms with Crippen molar-refractivity contribution in [2.45, 2.75) is 38.5 Å². The summed E-state index contributed by atoms with van der Waals surface area (Å²) < 4.78 is 39.9. The third kappa shape index (κ3) is 5.04. The number of fused-ring (bicyclic) bond motifs is 1. The molecule has 5 rings (SSSR count). The first kappa shape index (κ1) is 28.3.